The smallest absolute Gasteiger partial charge is 0.222 e. The second kappa shape index (κ2) is 7.42. The van der Waals surface area contributed by atoms with E-state index in [0.29, 0.717) is 19.5 Å². The molecule has 0 saturated heterocycles. The molecular weight excluding hydrogens is 268 g/mol. The van der Waals surface area contributed by atoms with Crippen LogP contribution in [0.4, 0.5) is 0 Å². The first-order valence-corrected chi connectivity index (χ1v) is 6.98. The fraction of sp³-hybridized carbons (Fsp3) is 0.400. The summed E-state index contributed by atoms with van der Waals surface area (Å²) in [6, 6.07) is 7.73. The topological polar surface area (TPSA) is 69.0 Å². The van der Waals surface area contributed by atoms with E-state index in [9.17, 15) is 4.79 Å². The Balaban J connectivity index is 1.73. The molecule has 0 bridgehead atoms. The molecule has 0 radical (unpaired) electrons. The highest BCUT2D eigenvalue weighted by Gasteiger charge is 2.03. The van der Waals surface area contributed by atoms with E-state index >= 15 is 0 Å². The molecule has 0 saturated carbocycles. The van der Waals surface area contributed by atoms with Gasteiger partial charge >= 0.3 is 0 Å². The Morgan fingerprint density at radius 2 is 2.10 bits per heavy atom. The van der Waals surface area contributed by atoms with Gasteiger partial charge in [0.05, 0.1) is 12.6 Å². The standard InChI is InChI=1S/C15H20N4O2/c1-12(2)21-14-5-3-13(4-6-14)9-17-15(20)7-8-19-11-16-10-18-19/h3-6,10-12H,7-9H2,1-2H3,(H,17,20). The van der Waals surface area contributed by atoms with Crippen LogP contribution in [-0.2, 0) is 17.9 Å². The number of nitrogens with one attached hydrogen (secondary N) is 1. The lowest BCUT2D eigenvalue weighted by atomic mass is 10.2. The number of carbonyl (C=O) groups is 1. The van der Waals surface area contributed by atoms with Crippen LogP contribution in [0.1, 0.15) is 25.8 Å². The van der Waals surface area contributed by atoms with Crippen molar-refractivity contribution in [2.75, 3.05) is 0 Å². The van der Waals surface area contributed by atoms with E-state index in [1.165, 1.54) is 6.33 Å². The average molecular weight is 288 g/mol. The molecule has 1 aromatic heterocycles. The minimum absolute atomic E-state index is 0.00648. The molecule has 112 valence electrons. The van der Waals surface area contributed by atoms with Crippen molar-refractivity contribution >= 4 is 5.91 Å². The molecule has 2 rings (SSSR count). The van der Waals surface area contributed by atoms with Crippen LogP contribution in [0.25, 0.3) is 0 Å². The van der Waals surface area contributed by atoms with Crippen molar-refractivity contribution in [3.05, 3.63) is 42.5 Å². The maximum atomic E-state index is 11.7. The van der Waals surface area contributed by atoms with Gasteiger partial charge < -0.3 is 10.1 Å². The maximum absolute atomic E-state index is 11.7. The molecule has 6 heteroatoms. The van der Waals surface area contributed by atoms with Gasteiger partial charge in [0.2, 0.25) is 5.91 Å². The normalized spacial score (nSPS) is 10.6. The number of rotatable bonds is 7. The summed E-state index contributed by atoms with van der Waals surface area (Å²) in [5.74, 6) is 0.833. The molecule has 0 unspecified atom stereocenters. The molecule has 0 spiro atoms. The van der Waals surface area contributed by atoms with Gasteiger partial charge in [-0.2, -0.15) is 5.10 Å². The third-order valence-corrected chi connectivity index (χ3v) is 2.82. The summed E-state index contributed by atoms with van der Waals surface area (Å²) in [6.45, 7) is 5.03. The molecule has 2 aromatic rings. The van der Waals surface area contributed by atoms with Crippen LogP contribution in [0, 0.1) is 0 Å². The Kier molecular flexibility index (Phi) is 5.31. The predicted molar refractivity (Wildman–Crippen MR) is 78.7 cm³/mol. The predicted octanol–water partition coefficient (Wildman–Crippen LogP) is 1.77. The van der Waals surface area contributed by atoms with Gasteiger partial charge in [-0.15, -0.1) is 0 Å². The zero-order valence-corrected chi connectivity index (χ0v) is 12.3. The number of aromatic nitrogens is 3. The van der Waals surface area contributed by atoms with Gasteiger partial charge in [-0.05, 0) is 31.5 Å². The van der Waals surface area contributed by atoms with Crippen molar-refractivity contribution in [1.29, 1.82) is 0 Å². The minimum atomic E-state index is -0.00648. The van der Waals surface area contributed by atoms with E-state index in [2.05, 4.69) is 15.4 Å². The van der Waals surface area contributed by atoms with Crippen LogP contribution in [-0.4, -0.2) is 26.8 Å². The lowest BCUT2D eigenvalue weighted by molar-refractivity contribution is -0.121. The Bertz CT molecular complexity index is 550. The molecule has 0 aliphatic carbocycles. The first kappa shape index (κ1) is 15.0. The zero-order chi connectivity index (χ0) is 15.1. The van der Waals surface area contributed by atoms with Gasteiger partial charge in [-0.3, -0.25) is 9.48 Å². The van der Waals surface area contributed by atoms with Gasteiger partial charge in [0.25, 0.3) is 0 Å². The molecule has 1 N–H and O–H groups in total. The molecule has 0 fully saturated rings. The molecule has 0 atom stereocenters. The molecule has 1 heterocycles. The van der Waals surface area contributed by atoms with E-state index in [1.54, 1.807) is 11.0 Å². The van der Waals surface area contributed by atoms with Crippen LogP contribution in [0.5, 0.6) is 5.75 Å². The van der Waals surface area contributed by atoms with Crippen molar-refractivity contribution in [3.8, 4) is 5.75 Å². The number of aryl methyl sites for hydroxylation is 1. The van der Waals surface area contributed by atoms with E-state index in [-0.39, 0.29) is 12.0 Å². The van der Waals surface area contributed by atoms with Crippen LogP contribution < -0.4 is 10.1 Å². The van der Waals surface area contributed by atoms with E-state index < -0.39 is 0 Å². The van der Waals surface area contributed by atoms with Crippen molar-refractivity contribution in [2.24, 2.45) is 0 Å². The quantitative estimate of drug-likeness (QED) is 0.843. The Labute approximate surface area is 124 Å². The van der Waals surface area contributed by atoms with Gasteiger partial charge in [-0.25, -0.2) is 4.98 Å². The van der Waals surface area contributed by atoms with Gasteiger partial charge in [-0.1, -0.05) is 12.1 Å². The van der Waals surface area contributed by atoms with Crippen LogP contribution >= 0.6 is 0 Å². The third kappa shape index (κ3) is 5.25. The number of hydrogen-bond acceptors (Lipinski definition) is 4. The van der Waals surface area contributed by atoms with Crippen LogP contribution in [0.3, 0.4) is 0 Å². The van der Waals surface area contributed by atoms with E-state index in [1.807, 2.05) is 38.1 Å². The Hall–Kier alpha value is -2.37. The Morgan fingerprint density at radius 1 is 1.33 bits per heavy atom. The summed E-state index contributed by atoms with van der Waals surface area (Å²) in [5, 5.41) is 6.83. The third-order valence-electron chi connectivity index (χ3n) is 2.82. The van der Waals surface area contributed by atoms with E-state index in [4.69, 9.17) is 4.74 Å². The van der Waals surface area contributed by atoms with Crippen molar-refractivity contribution < 1.29 is 9.53 Å². The molecule has 21 heavy (non-hydrogen) atoms. The summed E-state index contributed by atoms with van der Waals surface area (Å²) in [7, 11) is 0. The number of amides is 1. The van der Waals surface area contributed by atoms with Crippen molar-refractivity contribution in [1.82, 2.24) is 20.1 Å². The number of carbonyl (C=O) groups excluding carboxylic acids is 1. The monoisotopic (exact) mass is 288 g/mol. The average Bonchev–Trinajstić information content (AvgIpc) is 2.97. The number of hydrogen-bond donors (Lipinski definition) is 1. The summed E-state index contributed by atoms with van der Waals surface area (Å²) in [4.78, 5) is 15.6. The first-order chi connectivity index (χ1) is 10.1. The first-order valence-electron chi connectivity index (χ1n) is 6.98. The molecule has 0 aliphatic heterocycles. The molecular formula is C15H20N4O2. The van der Waals surface area contributed by atoms with Crippen LogP contribution in [0.2, 0.25) is 0 Å². The van der Waals surface area contributed by atoms with Crippen molar-refractivity contribution in [3.63, 3.8) is 0 Å². The zero-order valence-electron chi connectivity index (χ0n) is 12.3. The fourth-order valence-corrected chi connectivity index (χ4v) is 1.81. The molecule has 1 amide bonds. The summed E-state index contributed by atoms with van der Waals surface area (Å²) in [5.41, 5.74) is 1.04. The van der Waals surface area contributed by atoms with Gasteiger partial charge in [0.1, 0.15) is 18.4 Å². The summed E-state index contributed by atoms with van der Waals surface area (Å²) < 4.78 is 7.21. The molecule has 0 aliphatic rings. The lowest BCUT2D eigenvalue weighted by Gasteiger charge is -2.10. The Morgan fingerprint density at radius 3 is 2.71 bits per heavy atom. The van der Waals surface area contributed by atoms with E-state index in [0.717, 1.165) is 11.3 Å². The number of nitrogens with zero attached hydrogens (tertiary/aromatic N) is 3. The second-order valence-corrected chi connectivity index (χ2v) is 5.00. The second-order valence-electron chi connectivity index (χ2n) is 5.00. The molecule has 1 aromatic carbocycles. The fourth-order valence-electron chi connectivity index (χ4n) is 1.81. The highest BCUT2D eigenvalue weighted by Crippen LogP contribution is 2.13. The summed E-state index contributed by atoms with van der Waals surface area (Å²) >= 11 is 0. The SMILES string of the molecule is CC(C)Oc1ccc(CNC(=O)CCn2cncn2)cc1. The van der Waals surface area contributed by atoms with Gasteiger partial charge in [0.15, 0.2) is 0 Å². The highest BCUT2D eigenvalue weighted by molar-refractivity contribution is 5.75. The van der Waals surface area contributed by atoms with Crippen LogP contribution in [0.15, 0.2) is 36.9 Å². The summed E-state index contributed by atoms with van der Waals surface area (Å²) in [6.07, 6.45) is 3.60. The maximum Gasteiger partial charge on any atom is 0.222 e. The lowest BCUT2D eigenvalue weighted by Crippen LogP contribution is -2.24. The minimum Gasteiger partial charge on any atom is -0.491 e. The molecule has 6 nitrogen and oxygen atoms in total. The number of benzene rings is 1. The van der Waals surface area contributed by atoms with Crippen molar-refractivity contribution in [2.45, 2.75) is 39.5 Å². The highest BCUT2D eigenvalue weighted by atomic mass is 16.5. The largest absolute Gasteiger partial charge is 0.491 e. The number of ether oxygens (including phenoxy) is 1. The van der Waals surface area contributed by atoms with Gasteiger partial charge in [0, 0.05) is 13.0 Å².